The van der Waals surface area contributed by atoms with Crippen LogP contribution in [-0.2, 0) is 4.79 Å². The highest BCUT2D eigenvalue weighted by Crippen LogP contribution is 2.02. The summed E-state index contributed by atoms with van der Waals surface area (Å²) in [4.78, 5) is 10.2. The topological polar surface area (TPSA) is 89.3 Å². The lowest BCUT2D eigenvalue weighted by atomic mass is 10.0. The van der Waals surface area contributed by atoms with E-state index in [9.17, 15) is 4.79 Å². The third-order valence-corrected chi connectivity index (χ3v) is 1.15. The van der Waals surface area contributed by atoms with Gasteiger partial charge in [-0.15, -0.1) is 0 Å². The summed E-state index contributed by atoms with van der Waals surface area (Å²) in [6.45, 7) is 1.75. The SMILES string of the molecule is C[C@@](N)(CCN)C(=O)O. The average Bonchev–Trinajstić information content (AvgIpc) is 1.65. The van der Waals surface area contributed by atoms with Gasteiger partial charge in [-0.3, -0.25) is 4.79 Å². The highest BCUT2D eigenvalue weighted by Gasteiger charge is 2.26. The van der Waals surface area contributed by atoms with Crippen molar-refractivity contribution in [3.05, 3.63) is 0 Å². The van der Waals surface area contributed by atoms with Gasteiger partial charge < -0.3 is 16.6 Å². The van der Waals surface area contributed by atoms with E-state index in [1.807, 2.05) is 0 Å². The van der Waals surface area contributed by atoms with Crippen molar-refractivity contribution < 1.29 is 9.90 Å². The third-order valence-electron chi connectivity index (χ3n) is 1.15. The second-order valence-corrected chi connectivity index (χ2v) is 2.26. The predicted molar refractivity (Wildman–Crippen MR) is 33.9 cm³/mol. The number of hydrogen-bond acceptors (Lipinski definition) is 3. The second-order valence-electron chi connectivity index (χ2n) is 2.26. The monoisotopic (exact) mass is 132 g/mol. The molecule has 0 bridgehead atoms. The number of carboxylic acids is 1. The maximum atomic E-state index is 10.2. The van der Waals surface area contributed by atoms with Gasteiger partial charge in [0.15, 0.2) is 0 Å². The zero-order valence-corrected chi connectivity index (χ0v) is 5.42. The molecule has 0 aliphatic heterocycles. The van der Waals surface area contributed by atoms with Gasteiger partial charge in [0.2, 0.25) is 0 Å². The summed E-state index contributed by atoms with van der Waals surface area (Å²) in [5, 5.41) is 8.39. The molecule has 0 radical (unpaired) electrons. The van der Waals surface area contributed by atoms with Crippen LogP contribution < -0.4 is 11.5 Å². The zero-order valence-electron chi connectivity index (χ0n) is 5.42. The second kappa shape index (κ2) is 2.80. The van der Waals surface area contributed by atoms with Gasteiger partial charge in [0.1, 0.15) is 5.54 Å². The molecule has 1 atom stereocenters. The zero-order chi connectivity index (χ0) is 7.49. The summed E-state index contributed by atoms with van der Waals surface area (Å²) in [6.07, 6.45) is 0.308. The Morgan fingerprint density at radius 2 is 2.22 bits per heavy atom. The van der Waals surface area contributed by atoms with E-state index in [0.717, 1.165) is 0 Å². The lowest BCUT2D eigenvalue weighted by Crippen LogP contribution is -2.46. The van der Waals surface area contributed by atoms with Gasteiger partial charge in [0.25, 0.3) is 0 Å². The van der Waals surface area contributed by atoms with E-state index in [-0.39, 0.29) is 0 Å². The Morgan fingerprint density at radius 1 is 1.78 bits per heavy atom. The highest BCUT2D eigenvalue weighted by atomic mass is 16.4. The Morgan fingerprint density at radius 3 is 2.33 bits per heavy atom. The molecule has 0 aromatic rings. The molecule has 4 heteroatoms. The summed E-state index contributed by atoms with van der Waals surface area (Å²) < 4.78 is 0. The van der Waals surface area contributed by atoms with E-state index < -0.39 is 11.5 Å². The Balaban J connectivity index is 3.85. The summed E-state index contributed by atoms with van der Waals surface area (Å²) in [5.41, 5.74) is 9.24. The van der Waals surface area contributed by atoms with E-state index in [4.69, 9.17) is 16.6 Å². The number of hydrogen-bond donors (Lipinski definition) is 3. The van der Waals surface area contributed by atoms with Crippen LogP contribution in [0.15, 0.2) is 0 Å². The van der Waals surface area contributed by atoms with Crippen molar-refractivity contribution in [3.8, 4) is 0 Å². The molecule has 0 amide bonds. The highest BCUT2D eigenvalue weighted by molar-refractivity contribution is 5.77. The van der Waals surface area contributed by atoms with Crippen molar-refractivity contribution >= 4 is 5.97 Å². The summed E-state index contributed by atoms with van der Waals surface area (Å²) in [6, 6.07) is 0. The lowest BCUT2D eigenvalue weighted by Gasteiger charge is -2.16. The van der Waals surface area contributed by atoms with Crippen molar-refractivity contribution in [2.45, 2.75) is 18.9 Å². The fraction of sp³-hybridized carbons (Fsp3) is 0.800. The van der Waals surface area contributed by atoms with Crippen LogP contribution in [0.2, 0.25) is 0 Å². The minimum atomic E-state index is -1.16. The molecule has 0 aliphatic carbocycles. The van der Waals surface area contributed by atoms with E-state index in [2.05, 4.69) is 0 Å². The molecule has 0 fully saturated rings. The average molecular weight is 132 g/mol. The van der Waals surface area contributed by atoms with Gasteiger partial charge in [-0.25, -0.2) is 0 Å². The van der Waals surface area contributed by atoms with Gasteiger partial charge in [0, 0.05) is 0 Å². The molecule has 9 heavy (non-hydrogen) atoms. The standard InChI is InChI=1S/C5H12N2O2/c1-5(7,2-3-6)4(8)9/h2-3,6-7H2,1H3,(H,8,9)/t5-/m1/s1. The van der Waals surface area contributed by atoms with Gasteiger partial charge >= 0.3 is 5.97 Å². The van der Waals surface area contributed by atoms with E-state index >= 15 is 0 Å². The first kappa shape index (κ1) is 8.39. The molecule has 0 saturated carbocycles. The number of carbonyl (C=O) groups is 1. The lowest BCUT2D eigenvalue weighted by molar-refractivity contribution is -0.142. The molecule has 0 aromatic heterocycles. The first-order valence-electron chi connectivity index (χ1n) is 2.73. The van der Waals surface area contributed by atoms with Crippen molar-refractivity contribution in [3.63, 3.8) is 0 Å². The van der Waals surface area contributed by atoms with Crippen molar-refractivity contribution in [2.75, 3.05) is 6.54 Å². The van der Waals surface area contributed by atoms with Crippen molar-refractivity contribution in [2.24, 2.45) is 11.5 Å². The van der Waals surface area contributed by atoms with E-state index in [1.165, 1.54) is 6.92 Å². The number of aliphatic carboxylic acids is 1. The van der Waals surface area contributed by atoms with Crippen LogP contribution in [0.1, 0.15) is 13.3 Å². The minimum Gasteiger partial charge on any atom is -0.480 e. The molecule has 5 N–H and O–H groups in total. The Labute approximate surface area is 53.8 Å². The number of nitrogens with two attached hydrogens (primary N) is 2. The molecule has 0 unspecified atom stereocenters. The van der Waals surface area contributed by atoms with Gasteiger partial charge in [-0.2, -0.15) is 0 Å². The van der Waals surface area contributed by atoms with Crippen LogP contribution in [0, 0.1) is 0 Å². The summed E-state index contributed by atoms with van der Waals surface area (Å²) >= 11 is 0. The molecular formula is C5H12N2O2. The normalized spacial score (nSPS) is 16.8. The van der Waals surface area contributed by atoms with Gasteiger partial charge in [-0.1, -0.05) is 0 Å². The summed E-state index contributed by atoms with van der Waals surface area (Å²) in [5.74, 6) is -1.01. The quantitative estimate of drug-likeness (QED) is 0.466. The minimum absolute atomic E-state index is 0.305. The molecule has 0 rings (SSSR count). The Hall–Kier alpha value is -0.610. The Bertz CT molecular complexity index is 112. The maximum Gasteiger partial charge on any atom is 0.323 e. The number of carboxylic acid groups (broad SMARTS) is 1. The largest absolute Gasteiger partial charge is 0.480 e. The van der Waals surface area contributed by atoms with Crippen molar-refractivity contribution in [1.82, 2.24) is 0 Å². The fourth-order valence-corrected chi connectivity index (χ4v) is 0.407. The third kappa shape index (κ3) is 2.43. The molecule has 0 heterocycles. The van der Waals surface area contributed by atoms with Crippen LogP contribution in [0.5, 0.6) is 0 Å². The smallest absolute Gasteiger partial charge is 0.323 e. The van der Waals surface area contributed by atoms with Gasteiger partial charge in [0.05, 0.1) is 0 Å². The van der Waals surface area contributed by atoms with E-state index in [0.29, 0.717) is 13.0 Å². The van der Waals surface area contributed by atoms with Crippen LogP contribution in [-0.4, -0.2) is 23.2 Å². The van der Waals surface area contributed by atoms with E-state index in [1.54, 1.807) is 0 Å². The molecule has 0 spiro atoms. The molecule has 4 nitrogen and oxygen atoms in total. The van der Waals surface area contributed by atoms with Crippen molar-refractivity contribution in [1.29, 1.82) is 0 Å². The van der Waals surface area contributed by atoms with Gasteiger partial charge in [-0.05, 0) is 19.9 Å². The maximum absolute atomic E-state index is 10.2. The van der Waals surface area contributed by atoms with Crippen LogP contribution >= 0.6 is 0 Å². The van der Waals surface area contributed by atoms with Crippen LogP contribution in [0.3, 0.4) is 0 Å². The molecule has 0 saturated heterocycles. The molecule has 0 aromatic carbocycles. The first-order valence-corrected chi connectivity index (χ1v) is 2.73. The molecule has 54 valence electrons. The van der Waals surface area contributed by atoms with Crippen LogP contribution in [0.4, 0.5) is 0 Å². The summed E-state index contributed by atoms with van der Waals surface area (Å²) in [7, 11) is 0. The number of rotatable bonds is 3. The molecular weight excluding hydrogens is 120 g/mol. The fourth-order valence-electron chi connectivity index (χ4n) is 0.407. The molecule has 0 aliphatic rings. The Kier molecular flexibility index (Phi) is 2.61. The first-order chi connectivity index (χ1) is 4.00. The predicted octanol–water partition coefficient (Wildman–Crippen LogP) is -0.863. The van der Waals surface area contributed by atoms with Crippen LogP contribution in [0.25, 0.3) is 0 Å².